The second kappa shape index (κ2) is 6.38. The van der Waals surface area contributed by atoms with Crippen LogP contribution in [-0.2, 0) is 9.59 Å². The van der Waals surface area contributed by atoms with Crippen LogP contribution in [0.25, 0.3) is 10.9 Å². The molecular weight excluding hydrogens is 364 g/mol. The summed E-state index contributed by atoms with van der Waals surface area (Å²) in [5.41, 5.74) is 0.870. The van der Waals surface area contributed by atoms with Crippen LogP contribution < -0.4 is 4.90 Å². The van der Waals surface area contributed by atoms with Crippen LogP contribution in [0, 0.1) is 5.92 Å². The van der Waals surface area contributed by atoms with Crippen LogP contribution in [0.1, 0.15) is 13.3 Å². The van der Waals surface area contributed by atoms with Crippen LogP contribution in [0.3, 0.4) is 0 Å². The minimum Gasteiger partial charge on any atom is -0.296 e. The van der Waals surface area contributed by atoms with E-state index in [4.69, 9.17) is 0 Å². The van der Waals surface area contributed by atoms with Gasteiger partial charge in [-0.25, -0.2) is 4.98 Å². The maximum Gasteiger partial charge on any atom is 0.228 e. The lowest BCUT2D eigenvalue weighted by Crippen LogP contribution is -2.25. The largest absolute Gasteiger partial charge is 0.296 e. The molecule has 22 heavy (non-hydrogen) atoms. The van der Waals surface area contributed by atoms with Gasteiger partial charge in [0.1, 0.15) is 5.82 Å². The first-order valence-corrected chi connectivity index (χ1v) is 8.81. The number of carbonyl (C=O) groups is 2. The minimum absolute atomic E-state index is 0.0816. The topological polar surface area (TPSA) is 50.3 Å². The van der Waals surface area contributed by atoms with Gasteiger partial charge in [-0.2, -0.15) is 0 Å². The lowest BCUT2D eigenvalue weighted by atomic mass is 10.1. The summed E-state index contributed by atoms with van der Waals surface area (Å²) in [5, 5.41) is 1.13. The molecule has 114 valence electrons. The standard InChI is InChI=1S/C16H15BrN2O2S/c1-10(20)22-9-11-6-16(21)19(8-11)15-5-2-12-7-13(17)3-4-14(12)18-15/h2-5,7,11H,6,8-9H2,1H3. The molecule has 4 nitrogen and oxygen atoms in total. The van der Waals surface area contributed by atoms with E-state index in [0.29, 0.717) is 24.5 Å². The third-order valence-corrected chi connectivity index (χ3v) is 5.18. The molecule has 2 aromatic rings. The first-order valence-electron chi connectivity index (χ1n) is 7.03. The quantitative estimate of drug-likeness (QED) is 0.817. The molecule has 0 saturated carbocycles. The molecule has 1 atom stereocenters. The highest BCUT2D eigenvalue weighted by Gasteiger charge is 2.31. The molecule has 1 aromatic heterocycles. The summed E-state index contributed by atoms with van der Waals surface area (Å²) < 4.78 is 1.01. The number of pyridine rings is 1. The van der Waals surface area contributed by atoms with Gasteiger partial charge in [0.25, 0.3) is 0 Å². The summed E-state index contributed by atoms with van der Waals surface area (Å²) >= 11 is 4.73. The van der Waals surface area contributed by atoms with Crippen molar-refractivity contribution in [1.29, 1.82) is 0 Å². The summed E-state index contributed by atoms with van der Waals surface area (Å²) in [5.74, 6) is 1.68. The van der Waals surface area contributed by atoms with E-state index in [2.05, 4.69) is 20.9 Å². The second-order valence-corrected chi connectivity index (χ2v) is 7.50. The van der Waals surface area contributed by atoms with Crippen LogP contribution in [-0.4, -0.2) is 28.3 Å². The number of aromatic nitrogens is 1. The summed E-state index contributed by atoms with van der Waals surface area (Å²) in [6.07, 6.45) is 0.486. The Bertz CT molecular complexity index is 750. The average molecular weight is 379 g/mol. The first-order chi connectivity index (χ1) is 10.5. The predicted molar refractivity (Wildman–Crippen MR) is 93.0 cm³/mol. The monoisotopic (exact) mass is 378 g/mol. The van der Waals surface area contributed by atoms with Gasteiger partial charge in [0.2, 0.25) is 5.91 Å². The molecule has 0 N–H and O–H groups in total. The average Bonchev–Trinajstić information content (AvgIpc) is 2.85. The molecule has 1 aliphatic rings. The van der Waals surface area contributed by atoms with Crippen molar-refractivity contribution in [3.63, 3.8) is 0 Å². The molecular formula is C16H15BrN2O2S. The van der Waals surface area contributed by atoms with Crippen molar-refractivity contribution in [2.75, 3.05) is 17.2 Å². The number of nitrogens with zero attached hydrogens (tertiary/aromatic N) is 2. The Morgan fingerprint density at radius 3 is 3.00 bits per heavy atom. The number of anilines is 1. The predicted octanol–water partition coefficient (Wildman–Crippen LogP) is 3.63. The molecule has 1 aromatic carbocycles. The zero-order chi connectivity index (χ0) is 15.7. The number of carbonyl (C=O) groups excluding carboxylic acids is 2. The molecule has 1 fully saturated rings. The van der Waals surface area contributed by atoms with Gasteiger partial charge in [-0.3, -0.25) is 14.5 Å². The summed E-state index contributed by atoms with van der Waals surface area (Å²) in [4.78, 5) is 29.6. The maximum atomic E-state index is 12.2. The Balaban J connectivity index is 1.80. The van der Waals surface area contributed by atoms with Crippen LogP contribution in [0.4, 0.5) is 5.82 Å². The van der Waals surface area contributed by atoms with E-state index >= 15 is 0 Å². The number of fused-ring (bicyclic) bond motifs is 1. The van der Waals surface area contributed by atoms with E-state index in [1.165, 1.54) is 11.8 Å². The number of hydrogen-bond donors (Lipinski definition) is 0. The van der Waals surface area contributed by atoms with E-state index in [1.807, 2.05) is 30.3 Å². The van der Waals surface area contributed by atoms with Crippen LogP contribution in [0.2, 0.25) is 0 Å². The van der Waals surface area contributed by atoms with Gasteiger partial charge in [-0.15, -0.1) is 0 Å². The van der Waals surface area contributed by atoms with Gasteiger partial charge in [0.05, 0.1) is 5.52 Å². The van der Waals surface area contributed by atoms with Gasteiger partial charge in [0, 0.05) is 35.5 Å². The normalized spacial score (nSPS) is 18.2. The van der Waals surface area contributed by atoms with Crippen LogP contribution >= 0.6 is 27.7 Å². The number of thioether (sulfide) groups is 1. The number of halogens is 1. The number of rotatable bonds is 3. The van der Waals surface area contributed by atoms with E-state index in [-0.39, 0.29) is 16.9 Å². The van der Waals surface area contributed by atoms with Crippen molar-refractivity contribution in [2.24, 2.45) is 5.92 Å². The Morgan fingerprint density at radius 2 is 2.23 bits per heavy atom. The Morgan fingerprint density at radius 1 is 1.41 bits per heavy atom. The van der Waals surface area contributed by atoms with Crippen molar-refractivity contribution in [3.05, 3.63) is 34.8 Å². The molecule has 0 bridgehead atoms. The molecule has 3 rings (SSSR count). The van der Waals surface area contributed by atoms with Crippen molar-refractivity contribution < 1.29 is 9.59 Å². The zero-order valence-electron chi connectivity index (χ0n) is 12.1. The Hall–Kier alpha value is -1.40. The third-order valence-electron chi connectivity index (χ3n) is 3.64. The molecule has 1 saturated heterocycles. The van der Waals surface area contributed by atoms with Crippen LogP contribution in [0.15, 0.2) is 34.8 Å². The first kappa shape index (κ1) is 15.5. The molecule has 0 radical (unpaired) electrons. The maximum absolute atomic E-state index is 12.2. The van der Waals surface area contributed by atoms with E-state index in [9.17, 15) is 9.59 Å². The van der Waals surface area contributed by atoms with E-state index in [0.717, 1.165) is 15.4 Å². The van der Waals surface area contributed by atoms with Gasteiger partial charge in [-0.1, -0.05) is 27.7 Å². The summed E-state index contributed by atoms with van der Waals surface area (Å²) in [6.45, 7) is 2.19. The highest BCUT2D eigenvalue weighted by Crippen LogP contribution is 2.28. The fourth-order valence-electron chi connectivity index (χ4n) is 2.59. The minimum atomic E-state index is 0.0816. The molecule has 0 spiro atoms. The second-order valence-electron chi connectivity index (χ2n) is 5.38. The summed E-state index contributed by atoms with van der Waals surface area (Å²) in [7, 11) is 0. The zero-order valence-corrected chi connectivity index (χ0v) is 14.5. The van der Waals surface area contributed by atoms with Gasteiger partial charge >= 0.3 is 0 Å². The van der Waals surface area contributed by atoms with E-state index in [1.54, 1.807) is 11.8 Å². The van der Waals surface area contributed by atoms with Crippen molar-refractivity contribution in [1.82, 2.24) is 4.98 Å². The number of benzene rings is 1. The fourth-order valence-corrected chi connectivity index (χ4v) is 3.66. The molecule has 2 heterocycles. The SMILES string of the molecule is CC(=O)SCC1CC(=O)N(c2ccc3cc(Br)ccc3n2)C1. The highest BCUT2D eigenvalue weighted by atomic mass is 79.9. The molecule has 1 amide bonds. The van der Waals surface area contributed by atoms with Gasteiger partial charge in [-0.05, 0) is 36.2 Å². The van der Waals surface area contributed by atoms with Crippen molar-refractivity contribution in [3.8, 4) is 0 Å². The third kappa shape index (κ3) is 3.33. The Labute approximate surface area is 141 Å². The fraction of sp³-hybridized carbons (Fsp3) is 0.312. The van der Waals surface area contributed by atoms with Crippen molar-refractivity contribution in [2.45, 2.75) is 13.3 Å². The Kier molecular flexibility index (Phi) is 4.49. The molecule has 6 heteroatoms. The van der Waals surface area contributed by atoms with Crippen molar-refractivity contribution >= 4 is 55.4 Å². The number of amides is 1. The van der Waals surface area contributed by atoms with Gasteiger partial charge in [0.15, 0.2) is 5.12 Å². The smallest absolute Gasteiger partial charge is 0.228 e. The van der Waals surface area contributed by atoms with E-state index < -0.39 is 0 Å². The molecule has 0 aliphatic carbocycles. The highest BCUT2D eigenvalue weighted by molar-refractivity contribution is 9.10. The lowest BCUT2D eigenvalue weighted by molar-refractivity contribution is -0.117. The van der Waals surface area contributed by atoms with Crippen LogP contribution in [0.5, 0.6) is 0 Å². The lowest BCUT2D eigenvalue weighted by Gasteiger charge is -2.16. The van der Waals surface area contributed by atoms with Gasteiger partial charge < -0.3 is 0 Å². The molecule has 1 aliphatic heterocycles. The summed E-state index contributed by atoms with van der Waals surface area (Å²) in [6, 6.07) is 9.74. The number of hydrogen-bond acceptors (Lipinski definition) is 4. The molecule has 1 unspecified atom stereocenters.